The van der Waals surface area contributed by atoms with Crippen LogP contribution in [0.2, 0.25) is 0 Å². The topological polar surface area (TPSA) is 64.6 Å². The second kappa shape index (κ2) is 8.87. The highest BCUT2D eigenvalue weighted by molar-refractivity contribution is 5.89. The van der Waals surface area contributed by atoms with Gasteiger partial charge in [-0.15, -0.1) is 0 Å². The molecule has 0 aliphatic heterocycles. The quantitative estimate of drug-likeness (QED) is 0.464. The molecule has 0 saturated carbocycles. The van der Waals surface area contributed by atoms with Gasteiger partial charge in [0, 0.05) is 19.7 Å². The number of ether oxygens (including phenoxy) is 2. The van der Waals surface area contributed by atoms with Gasteiger partial charge in [-0.2, -0.15) is 0 Å². The SMILES string of the molecule is COCCNC(=O)COC(=O)/C=C/c1ccccc1C. The highest BCUT2D eigenvalue weighted by atomic mass is 16.5. The molecule has 0 aromatic heterocycles. The van der Waals surface area contributed by atoms with Gasteiger partial charge in [-0.25, -0.2) is 4.79 Å². The molecular formula is C15H19NO4. The van der Waals surface area contributed by atoms with Gasteiger partial charge in [-0.3, -0.25) is 4.79 Å². The zero-order valence-corrected chi connectivity index (χ0v) is 11.7. The van der Waals surface area contributed by atoms with Gasteiger partial charge in [0.15, 0.2) is 6.61 Å². The van der Waals surface area contributed by atoms with Crippen molar-refractivity contribution in [2.24, 2.45) is 0 Å². The van der Waals surface area contributed by atoms with E-state index >= 15 is 0 Å². The minimum Gasteiger partial charge on any atom is -0.452 e. The third-order valence-corrected chi connectivity index (χ3v) is 2.56. The number of esters is 1. The summed E-state index contributed by atoms with van der Waals surface area (Å²) in [6.45, 7) is 2.48. The van der Waals surface area contributed by atoms with Crippen LogP contribution in [0.4, 0.5) is 0 Å². The number of benzene rings is 1. The lowest BCUT2D eigenvalue weighted by Crippen LogP contribution is -2.31. The normalized spacial score (nSPS) is 10.5. The number of amides is 1. The second-order valence-electron chi connectivity index (χ2n) is 4.14. The van der Waals surface area contributed by atoms with Gasteiger partial charge in [-0.05, 0) is 24.1 Å². The molecule has 20 heavy (non-hydrogen) atoms. The number of carbonyl (C=O) groups excluding carboxylic acids is 2. The van der Waals surface area contributed by atoms with E-state index < -0.39 is 5.97 Å². The zero-order chi connectivity index (χ0) is 14.8. The van der Waals surface area contributed by atoms with Crippen LogP contribution < -0.4 is 5.32 Å². The fourth-order valence-corrected chi connectivity index (χ4v) is 1.46. The number of aryl methyl sites for hydroxylation is 1. The van der Waals surface area contributed by atoms with Crippen molar-refractivity contribution < 1.29 is 19.1 Å². The first-order valence-corrected chi connectivity index (χ1v) is 6.29. The molecular weight excluding hydrogens is 258 g/mol. The van der Waals surface area contributed by atoms with Crippen molar-refractivity contribution in [3.8, 4) is 0 Å². The molecule has 0 saturated heterocycles. The van der Waals surface area contributed by atoms with Crippen molar-refractivity contribution >= 4 is 18.0 Å². The third kappa shape index (κ3) is 6.15. The molecule has 5 nitrogen and oxygen atoms in total. The summed E-state index contributed by atoms with van der Waals surface area (Å²) in [5.74, 6) is -0.894. The van der Waals surface area contributed by atoms with E-state index in [1.54, 1.807) is 13.2 Å². The Hall–Kier alpha value is -2.14. The van der Waals surface area contributed by atoms with E-state index in [4.69, 9.17) is 9.47 Å². The Balaban J connectivity index is 2.33. The number of nitrogens with one attached hydrogen (secondary N) is 1. The van der Waals surface area contributed by atoms with Crippen LogP contribution in [0.25, 0.3) is 6.08 Å². The summed E-state index contributed by atoms with van der Waals surface area (Å²) < 4.78 is 9.60. The molecule has 108 valence electrons. The predicted octanol–water partition coefficient (Wildman–Crippen LogP) is 1.31. The predicted molar refractivity (Wildman–Crippen MR) is 76.1 cm³/mol. The average molecular weight is 277 g/mol. The minimum absolute atomic E-state index is 0.291. The number of hydrogen-bond donors (Lipinski definition) is 1. The van der Waals surface area contributed by atoms with E-state index in [9.17, 15) is 9.59 Å². The largest absolute Gasteiger partial charge is 0.452 e. The molecule has 0 heterocycles. The van der Waals surface area contributed by atoms with Gasteiger partial charge in [0.2, 0.25) is 0 Å². The highest BCUT2D eigenvalue weighted by Crippen LogP contribution is 2.08. The summed E-state index contributed by atoms with van der Waals surface area (Å²) >= 11 is 0. The average Bonchev–Trinajstić information content (AvgIpc) is 2.44. The summed E-state index contributed by atoms with van der Waals surface area (Å²) in [7, 11) is 1.54. The molecule has 0 atom stereocenters. The number of carbonyl (C=O) groups is 2. The fraction of sp³-hybridized carbons (Fsp3) is 0.333. The maximum atomic E-state index is 11.4. The van der Waals surface area contributed by atoms with Crippen LogP contribution in [0.15, 0.2) is 30.3 Å². The van der Waals surface area contributed by atoms with Crippen LogP contribution in [0.1, 0.15) is 11.1 Å². The molecule has 5 heteroatoms. The van der Waals surface area contributed by atoms with Crippen molar-refractivity contribution in [1.82, 2.24) is 5.32 Å². The van der Waals surface area contributed by atoms with Gasteiger partial charge in [0.1, 0.15) is 0 Å². The summed E-state index contributed by atoms with van der Waals surface area (Å²) in [6, 6.07) is 7.67. The van der Waals surface area contributed by atoms with E-state index in [1.807, 2.05) is 31.2 Å². The van der Waals surface area contributed by atoms with Gasteiger partial charge < -0.3 is 14.8 Å². The van der Waals surface area contributed by atoms with Crippen molar-refractivity contribution in [1.29, 1.82) is 0 Å². The molecule has 1 aromatic rings. The number of rotatable bonds is 7. The van der Waals surface area contributed by atoms with Crippen LogP contribution in [0.5, 0.6) is 0 Å². The maximum absolute atomic E-state index is 11.4. The Labute approximate surface area is 118 Å². The van der Waals surface area contributed by atoms with Crippen LogP contribution in [0, 0.1) is 6.92 Å². The van der Waals surface area contributed by atoms with Crippen molar-refractivity contribution in [3.05, 3.63) is 41.5 Å². The van der Waals surface area contributed by atoms with E-state index in [0.717, 1.165) is 11.1 Å². The van der Waals surface area contributed by atoms with E-state index in [1.165, 1.54) is 6.08 Å². The summed E-state index contributed by atoms with van der Waals surface area (Å²) in [6.07, 6.45) is 2.98. The lowest BCUT2D eigenvalue weighted by atomic mass is 10.1. The third-order valence-electron chi connectivity index (χ3n) is 2.56. The van der Waals surface area contributed by atoms with Crippen molar-refractivity contribution in [3.63, 3.8) is 0 Å². The maximum Gasteiger partial charge on any atom is 0.331 e. The molecule has 0 aliphatic rings. The molecule has 0 aliphatic carbocycles. The van der Waals surface area contributed by atoms with Crippen molar-refractivity contribution in [2.75, 3.05) is 26.9 Å². The molecule has 0 bridgehead atoms. The molecule has 0 radical (unpaired) electrons. The zero-order valence-electron chi connectivity index (χ0n) is 11.7. The Morgan fingerprint density at radius 1 is 1.30 bits per heavy atom. The van der Waals surface area contributed by atoms with E-state index in [-0.39, 0.29) is 12.5 Å². The van der Waals surface area contributed by atoms with Gasteiger partial charge in [-0.1, -0.05) is 24.3 Å². The molecule has 1 amide bonds. The lowest BCUT2D eigenvalue weighted by molar-refractivity contribution is -0.143. The van der Waals surface area contributed by atoms with E-state index in [2.05, 4.69) is 5.32 Å². The highest BCUT2D eigenvalue weighted by Gasteiger charge is 2.04. The lowest BCUT2D eigenvalue weighted by Gasteiger charge is -2.04. The summed E-state index contributed by atoms with van der Waals surface area (Å²) in [4.78, 5) is 22.7. The van der Waals surface area contributed by atoms with Crippen LogP contribution in [-0.4, -0.2) is 38.7 Å². The molecule has 1 aromatic carbocycles. The van der Waals surface area contributed by atoms with Crippen LogP contribution >= 0.6 is 0 Å². The number of hydrogen-bond acceptors (Lipinski definition) is 4. The van der Waals surface area contributed by atoms with Crippen LogP contribution in [0.3, 0.4) is 0 Å². The first-order valence-electron chi connectivity index (χ1n) is 6.29. The standard InChI is InChI=1S/C15H19NO4/c1-12-5-3-4-6-13(12)7-8-15(18)20-11-14(17)16-9-10-19-2/h3-8H,9-11H2,1-2H3,(H,16,17)/b8-7+. The Morgan fingerprint density at radius 3 is 2.75 bits per heavy atom. The fourth-order valence-electron chi connectivity index (χ4n) is 1.46. The van der Waals surface area contributed by atoms with Gasteiger partial charge in [0.05, 0.1) is 6.61 Å². The molecule has 0 fully saturated rings. The molecule has 0 unspecified atom stereocenters. The molecule has 0 spiro atoms. The smallest absolute Gasteiger partial charge is 0.331 e. The first kappa shape index (κ1) is 15.9. The first-order chi connectivity index (χ1) is 9.63. The Morgan fingerprint density at radius 2 is 2.05 bits per heavy atom. The molecule has 1 N–H and O–H groups in total. The summed E-state index contributed by atoms with van der Waals surface area (Å²) in [5, 5.41) is 2.56. The van der Waals surface area contributed by atoms with Gasteiger partial charge >= 0.3 is 5.97 Å². The Kier molecular flexibility index (Phi) is 7.06. The Bertz CT molecular complexity index is 483. The summed E-state index contributed by atoms with van der Waals surface area (Å²) in [5.41, 5.74) is 2.00. The van der Waals surface area contributed by atoms with Crippen LogP contribution in [-0.2, 0) is 19.1 Å². The second-order valence-corrected chi connectivity index (χ2v) is 4.14. The molecule has 1 rings (SSSR count). The van der Waals surface area contributed by atoms with Gasteiger partial charge in [0.25, 0.3) is 5.91 Å². The monoisotopic (exact) mass is 277 g/mol. The minimum atomic E-state index is -0.546. The van der Waals surface area contributed by atoms with E-state index in [0.29, 0.717) is 13.2 Å². The number of methoxy groups -OCH3 is 1. The van der Waals surface area contributed by atoms with Crippen molar-refractivity contribution in [2.45, 2.75) is 6.92 Å².